The molecule has 0 spiro atoms. The molecular formula is C17H17Br2N3O3. The van der Waals surface area contributed by atoms with Crippen LogP contribution >= 0.6 is 31.9 Å². The highest BCUT2D eigenvalue weighted by Crippen LogP contribution is 2.43. The maximum atomic E-state index is 11.8. The highest BCUT2D eigenvalue weighted by Gasteiger charge is 2.17. The van der Waals surface area contributed by atoms with Crippen LogP contribution < -0.4 is 10.7 Å². The quantitative estimate of drug-likeness (QED) is 0.395. The number of phenolic OH excluding ortho intramolecular Hbond substituents is 2. The summed E-state index contributed by atoms with van der Waals surface area (Å²) in [6.07, 6.45) is 1.32. The van der Waals surface area contributed by atoms with Gasteiger partial charge in [-0.2, -0.15) is 5.10 Å². The van der Waals surface area contributed by atoms with Gasteiger partial charge in [-0.05, 0) is 69.0 Å². The number of hydrogen-bond acceptors (Lipinski definition) is 5. The molecule has 0 saturated carbocycles. The Bertz CT molecular complexity index is 809. The molecule has 4 N–H and O–H groups in total. The van der Waals surface area contributed by atoms with Crippen LogP contribution in [0, 0.1) is 13.8 Å². The Morgan fingerprint density at radius 2 is 1.92 bits per heavy atom. The van der Waals surface area contributed by atoms with Crippen LogP contribution in [0.1, 0.15) is 16.7 Å². The van der Waals surface area contributed by atoms with Crippen LogP contribution in [0.2, 0.25) is 0 Å². The number of halogens is 2. The molecule has 2 rings (SSSR count). The number of hydrazone groups is 1. The van der Waals surface area contributed by atoms with Gasteiger partial charge >= 0.3 is 0 Å². The van der Waals surface area contributed by atoms with Crippen molar-refractivity contribution < 1.29 is 15.0 Å². The smallest absolute Gasteiger partial charge is 0.259 e. The molecule has 1 amide bonds. The Morgan fingerprint density at radius 3 is 2.60 bits per heavy atom. The van der Waals surface area contributed by atoms with Crippen molar-refractivity contribution in [3.63, 3.8) is 0 Å². The average Bonchev–Trinajstić information content (AvgIpc) is 2.59. The standard InChI is InChI=1S/C17H17Br2N3O3/c1-9-4-3-5-11(6-9)20-8-13(23)22-21-7-12-10(2)14(18)17(25)15(19)16(12)24/h3-7,20,24-25H,8H2,1-2H3,(H,22,23)/b21-7+. The van der Waals surface area contributed by atoms with E-state index in [1.807, 2.05) is 31.2 Å². The molecule has 8 heteroatoms. The summed E-state index contributed by atoms with van der Waals surface area (Å²) in [4.78, 5) is 11.8. The minimum absolute atomic E-state index is 0.0642. The monoisotopic (exact) mass is 469 g/mol. The third-order valence-electron chi connectivity index (χ3n) is 3.47. The zero-order chi connectivity index (χ0) is 18.6. The fourth-order valence-corrected chi connectivity index (χ4v) is 3.19. The summed E-state index contributed by atoms with van der Waals surface area (Å²) >= 11 is 6.35. The predicted molar refractivity (Wildman–Crippen MR) is 105 cm³/mol. The predicted octanol–water partition coefficient (Wildman–Crippen LogP) is 3.80. The summed E-state index contributed by atoms with van der Waals surface area (Å²) in [5, 5.41) is 26.8. The number of nitrogens with zero attached hydrogens (tertiary/aromatic N) is 1. The van der Waals surface area contributed by atoms with E-state index in [4.69, 9.17) is 0 Å². The van der Waals surface area contributed by atoms with Crippen molar-refractivity contribution in [1.29, 1.82) is 0 Å². The van der Waals surface area contributed by atoms with Crippen LogP contribution in [0.3, 0.4) is 0 Å². The number of carbonyl (C=O) groups is 1. The highest BCUT2D eigenvalue weighted by atomic mass is 79.9. The summed E-state index contributed by atoms with van der Waals surface area (Å²) < 4.78 is 0.588. The van der Waals surface area contributed by atoms with Gasteiger partial charge in [-0.1, -0.05) is 12.1 Å². The Hall–Kier alpha value is -2.06. The summed E-state index contributed by atoms with van der Waals surface area (Å²) in [6, 6.07) is 7.68. The van der Waals surface area contributed by atoms with Gasteiger partial charge in [0.15, 0.2) is 0 Å². The van der Waals surface area contributed by atoms with Crippen LogP contribution in [-0.2, 0) is 4.79 Å². The Morgan fingerprint density at radius 1 is 1.20 bits per heavy atom. The minimum atomic E-state index is -0.327. The van der Waals surface area contributed by atoms with Crippen LogP contribution in [0.15, 0.2) is 38.3 Å². The van der Waals surface area contributed by atoms with Gasteiger partial charge < -0.3 is 15.5 Å². The van der Waals surface area contributed by atoms with Gasteiger partial charge in [0, 0.05) is 11.3 Å². The number of benzene rings is 2. The number of aromatic hydroxyl groups is 2. The number of rotatable bonds is 5. The Labute approximate surface area is 162 Å². The third-order valence-corrected chi connectivity index (χ3v) is 5.19. The molecule has 0 aromatic heterocycles. The fourth-order valence-electron chi connectivity index (χ4n) is 2.10. The molecule has 0 aliphatic rings. The maximum absolute atomic E-state index is 11.8. The minimum Gasteiger partial charge on any atom is -0.506 e. The maximum Gasteiger partial charge on any atom is 0.259 e. The first-order valence-corrected chi connectivity index (χ1v) is 8.91. The van der Waals surface area contributed by atoms with Crippen molar-refractivity contribution in [1.82, 2.24) is 5.43 Å². The molecule has 25 heavy (non-hydrogen) atoms. The van der Waals surface area contributed by atoms with E-state index >= 15 is 0 Å². The Balaban J connectivity index is 2.00. The van der Waals surface area contributed by atoms with Crippen LogP contribution in [0.4, 0.5) is 5.69 Å². The molecule has 132 valence electrons. The summed E-state index contributed by atoms with van der Waals surface area (Å²) in [7, 11) is 0. The highest BCUT2D eigenvalue weighted by molar-refractivity contribution is 9.11. The van der Waals surface area contributed by atoms with E-state index in [1.54, 1.807) is 6.92 Å². The topological polar surface area (TPSA) is 94.0 Å². The number of anilines is 1. The van der Waals surface area contributed by atoms with Gasteiger partial charge in [-0.15, -0.1) is 0 Å². The number of phenols is 2. The average molecular weight is 471 g/mol. The number of amides is 1. The SMILES string of the molecule is Cc1cccc(NCC(=O)N/N=C/c2c(C)c(Br)c(O)c(Br)c2O)c1. The van der Waals surface area contributed by atoms with Gasteiger partial charge in [-0.25, -0.2) is 5.43 Å². The number of aryl methyl sites for hydroxylation is 1. The van der Waals surface area contributed by atoms with E-state index < -0.39 is 0 Å². The van der Waals surface area contributed by atoms with Gasteiger partial charge in [0.2, 0.25) is 0 Å². The second-order valence-corrected chi connectivity index (χ2v) is 6.97. The molecule has 2 aromatic carbocycles. The lowest BCUT2D eigenvalue weighted by Crippen LogP contribution is -2.25. The molecule has 0 fully saturated rings. The zero-order valence-electron chi connectivity index (χ0n) is 13.6. The summed E-state index contributed by atoms with van der Waals surface area (Å²) in [6.45, 7) is 3.74. The van der Waals surface area contributed by atoms with E-state index in [0.29, 0.717) is 15.6 Å². The summed E-state index contributed by atoms with van der Waals surface area (Å²) in [5.41, 5.74) is 5.30. The molecule has 0 heterocycles. The lowest BCUT2D eigenvalue weighted by Gasteiger charge is -2.11. The van der Waals surface area contributed by atoms with E-state index in [-0.39, 0.29) is 28.4 Å². The molecule has 0 radical (unpaired) electrons. The lowest BCUT2D eigenvalue weighted by molar-refractivity contribution is -0.119. The van der Waals surface area contributed by atoms with Crippen molar-refractivity contribution in [3.05, 3.63) is 49.9 Å². The molecule has 0 aliphatic carbocycles. The molecule has 6 nitrogen and oxygen atoms in total. The molecule has 0 saturated heterocycles. The largest absolute Gasteiger partial charge is 0.506 e. The van der Waals surface area contributed by atoms with E-state index in [1.165, 1.54) is 6.21 Å². The molecule has 0 atom stereocenters. The molecule has 0 unspecified atom stereocenters. The van der Waals surface area contributed by atoms with Crippen molar-refractivity contribution >= 4 is 49.7 Å². The van der Waals surface area contributed by atoms with Crippen molar-refractivity contribution in [3.8, 4) is 11.5 Å². The number of hydrogen-bond donors (Lipinski definition) is 4. The molecular weight excluding hydrogens is 454 g/mol. The third kappa shape index (κ3) is 4.73. The van der Waals surface area contributed by atoms with Gasteiger partial charge in [0.05, 0.1) is 17.2 Å². The number of carbonyl (C=O) groups excluding carboxylic acids is 1. The fraction of sp³-hybridized carbons (Fsp3) is 0.176. The van der Waals surface area contributed by atoms with E-state index in [0.717, 1.165) is 11.3 Å². The number of nitrogens with one attached hydrogen (secondary N) is 2. The van der Waals surface area contributed by atoms with Gasteiger partial charge in [-0.3, -0.25) is 4.79 Å². The lowest BCUT2D eigenvalue weighted by atomic mass is 10.1. The molecule has 2 aromatic rings. The van der Waals surface area contributed by atoms with Crippen LogP contribution in [0.25, 0.3) is 0 Å². The second kappa shape index (κ2) is 8.35. The van der Waals surface area contributed by atoms with Crippen molar-refractivity contribution in [2.75, 3.05) is 11.9 Å². The second-order valence-electron chi connectivity index (χ2n) is 5.38. The van der Waals surface area contributed by atoms with Crippen molar-refractivity contribution in [2.45, 2.75) is 13.8 Å². The first-order valence-electron chi connectivity index (χ1n) is 7.33. The Kier molecular flexibility index (Phi) is 6.44. The van der Waals surface area contributed by atoms with Gasteiger partial charge in [0.25, 0.3) is 5.91 Å². The van der Waals surface area contributed by atoms with E-state index in [2.05, 4.69) is 47.7 Å². The first-order chi connectivity index (χ1) is 11.8. The van der Waals surface area contributed by atoms with E-state index in [9.17, 15) is 15.0 Å². The van der Waals surface area contributed by atoms with Crippen molar-refractivity contribution in [2.24, 2.45) is 5.10 Å². The van der Waals surface area contributed by atoms with Crippen LogP contribution in [0.5, 0.6) is 11.5 Å². The van der Waals surface area contributed by atoms with Crippen LogP contribution in [-0.4, -0.2) is 28.9 Å². The summed E-state index contributed by atoms with van der Waals surface area (Å²) in [5.74, 6) is -0.584. The van der Waals surface area contributed by atoms with Gasteiger partial charge in [0.1, 0.15) is 16.0 Å². The zero-order valence-corrected chi connectivity index (χ0v) is 16.8. The normalized spacial score (nSPS) is 10.9. The molecule has 0 bridgehead atoms. The molecule has 0 aliphatic heterocycles. The first kappa shape index (κ1) is 19.3.